The molecule has 1 saturated heterocycles. The van der Waals surface area contributed by atoms with Crippen LogP contribution >= 0.6 is 0 Å². The van der Waals surface area contributed by atoms with E-state index in [4.69, 9.17) is 9.47 Å². The van der Waals surface area contributed by atoms with E-state index in [1.54, 1.807) is 41.3 Å². The van der Waals surface area contributed by atoms with Gasteiger partial charge in [0, 0.05) is 30.4 Å². The number of piperidine rings is 1. The summed E-state index contributed by atoms with van der Waals surface area (Å²) in [5.41, 5.74) is 4.02. The molecule has 3 aromatic rings. The molecule has 2 aliphatic rings. The van der Waals surface area contributed by atoms with E-state index >= 15 is 0 Å². The Morgan fingerprint density at radius 3 is 2.21 bits per heavy atom. The summed E-state index contributed by atoms with van der Waals surface area (Å²) in [6.07, 6.45) is 4.02. The van der Waals surface area contributed by atoms with Crippen molar-refractivity contribution < 1.29 is 27.5 Å². The normalized spacial score (nSPS) is 15.9. The molecule has 10 nitrogen and oxygen atoms in total. The highest BCUT2D eigenvalue weighted by Crippen LogP contribution is 2.43. The number of carbonyl (C=O) groups excluding carboxylic acids is 2. The minimum absolute atomic E-state index is 0.212. The van der Waals surface area contributed by atoms with Gasteiger partial charge < -0.3 is 25.0 Å². The van der Waals surface area contributed by atoms with Crippen LogP contribution in [-0.4, -0.2) is 65.2 Å². The minimum Gasteiger partial charge on any atom is -0.493 e. The Labute approximate surface area is 246 Å². The summed E-state index contributed by atoms with van der Waals surface area (Å²) in [6, 6.07) is 19.7. The zero-order valence-corrected chi connectivity index (χ0v) is 24.7. The molecule has 3 aromatic carbocycles. The zero-order valence-electron chi connectivity index (χ0n) is 23.8. The van der Waals surface area contributed by atoms with Gasteiger partial charge in [-0.15, -0.1) is 0 Å². The lowest BCUT2D eigenvalue weighted by molar-refractivity contribution is -0.130. The van der Waals surface area contributed by atoms with Gasteiger partial charge in [0.05, 0.1) is 43.1 Å². The number of hydrogen-bond donors (Lipinski definition) is 2. The number of hydrogen-bond acceptors (Lipinski definition) is 7. The number of carbonyl (C=O) groups is 2. The van der Waals surface area contributed by atoms with Gasteiger partial charge in [0.15, 0.2) is 11.5 Å². The summed E-state index contributed by atoms with van der Waals surface area (Å²) in [5.74, 6) is 0.484. The van der Waals surface area contributed by atoms with Crippen molar-refractivity contribution in [3.63, 3.8) is 0 Å². The summed E-state index contributed by atoms with van der Waals surface area (Å²) < 4.78 is 37.4. The summed E-state index contributed by atoms with van der Waals surface area (Å²) in [5, 5.41) is 6.29. The van der Waals surface area contributed by atoms with Gasteiger partial charge in [-0.2, -0.15) is 0 Å². The van der Waals surface area contributed by atoms with E-state index in [1.165, 1.54) is 14.2 Å². The van der Waals surface area contributed by atoms with Crippen LogP contribution in [0.2, 0.25) is 0 Å². The van der Waals surface area contributed by atoms with E-state index in [0.717, 1.165) is 35.4 Å². The van der Waals surface area contributed by atoms with Crippen molar-refractivity contribution in [1.82, 2.24) is 4.90 Å². The number of nitrogens with zero attached hydrogens (tertiary/aromatic N) is 2. The topological polar surface area (TPSA) is 117 Å². The molecule has 1 fully saturated rings. The summed E-state index contributed by atoms with van der Waals surface area (Å²) >= 11 is 0. The van der Waals surface area contributed by atoms with E-state index < -0.39 is 10.0 Å². The second-order valence-corrected chi connectivity index (χ2v) is 12.1. The number of anilines is 3. The monoisotopic (exact) mass is 590 g/mol. The van der Waals surface area contributed by atoms with Crippen LogP contribution in [0.4, 0.5) is 17.1 Å². The molecule has 0 spiro atoms. The molecule has 42 heavy (non-hydrogen) atoms. The van der Waals surface area contributed by atoms with Crippen LogP contribution in [0.25, 0.3) is 11.3 Å². The van der Waals surface area contributed by atoms with Crippen LogP contribution in [0.1, 0.15) is 30.4 Å². The number of methoxy groups -OCH3 is 2. The van der Waals surface area contributed by atoms with Gasteiger partial charge in [-0.1, -0.05) is 30.3 Å². The Kier molecular flexibility index (Phi) is 8.39. The van der Waals surface area contributed by atoms with Crippen LogP contribution in [0.3, 0.4) is 0 Å². The Bertz CT molecular complexity index is 1620. The second kappa shape index (κ2) is 12.2. The van der Waals surface area contributed by atoms with Crippen molar-refractivity contribution in [3.05, 3.63) is 77.9 Å². The maximum absolute atomic E-state index is 13.3. The van der Waals surface area contributed by atoms with Gasteiger partial charge in [-0.25, -0.2) is 8.42 Å². The number of benzene rings is 3. The largest absolute Gasteiger partial charge is 0.493 e. The summed E-state index contributed by atoms with van der Waals surface area (Å²) in [4.78, 5) is 28.0. The number of nitrogens with one attached hydrogen (secondary N) is 2. The van der Waals surface area contributed by atoms with Crippen molar-refractivity contribution in [2.45, 2.75) is 19.3 Å². The van der Waals surface area contributed by atoms with Gasteiger partial charge in [-0.05, 0) is 55.2 Å². The molecule has 2 N–H and O–H groups in total. The molecule has 11 heteroatoms. The van der Waals surface area contributed by atoms with E-state index in [1.807, 2.05) is 30.3 Å². The van der Waals surface area contributed by atoms with Crippen molar-refractivity contribution in [2.75, 3.05) is 55.0 Å². The predicted octanol–water partition coefficient (Wildman–Crippen LogP) is 4.41. The second-order valence-electron chi connectivity index (χ2n) is 10.2. The number of sulfonamides is 1. The standard InChI is InChI=1S/C31H34N4O6S/c1-40-26-18-24-25(19-27(26)41-2)33-31(37)29(24)30(21-10-6-4-7-11-21)32-22-12-14-23(15-13-22)35(42(3,38)39)20-28(36)34-16-8-5-9-17-34/h4,6-7,10-15,18-19,32H,5,8-9,16-17,20H2,1-3H3,(H,33,37)/b30-29-. The lowest BCUT2D eigenvalue weighted by Crippen LogP contribution is -2.44. The van der Waals surface area contributed by atoms with Gasteiger partial charge in [0.25, 0.3) is 5.91 Å². The van der Waals surface area contributed by atoms with Crippen LogP contribution < -0.4 is 24.4 Å². The molecule has 2 aliphatic heterocycles. The highest BCUT2D eigenvalue weighted by Gasteiger charge is 2.31. The fourth-order valence-electron chi connectivity index (χ4n) is 5.25. The fourth-order valence-corrected chi connectivity index (χ4v) is 6.10. The minimum atomic E-state index is -3.72. The summed E-state index contributed by atoms with van der Waals surface area (Å²) in [6.45, 7) is 1.03. The van der Waals surface area contributed by atoms with Crippen LogP contribution in [0.5, 0.6) is 11.5 Å². The fraction of sp³-hybridized carbons (Fsp3) is 0.290. The molecule has 0 unspecified atom stereocenters. The third-order valence-corrected chi connectivity index (χ3v) is 8.53. The Morgan fingerprint density at radius 2 is 1.60 bits per heavy atom. The number of ether oxygens (including phenoxy) is 2. The van der Waals surface area contributed by atoms with Crippen molar-refractivity contribution in [1.29, 1.82) is 0 Å². The maximum Gasteiger partial charge on any atom is 0.258 e. The molecule has 2 heterocycles. The molecule has 0 saturated carbocycles. The average Bonchev–Trinajstić information content (AvgIpc) is 3.32. The van der Waals surface area contributed by atoms with Gasteiger partial charge >= 0.3 is 0 Å². The van der Waals surface area contributed by atoms with Gasteiger partial charge in [-0.3, -0.25) is 13.9 Å². The van der Waals surface area contributed by atoms with Crippen LogP contribution in [0, 0.1) is 0 Å². The highest BCUT2D eigenvalue weighted by atomic mass is 32.2. The number of likely N-dealkylation sites (tertiary alicyclic amines) is 1. The Balaban J connectivity index is 1.49. The molecule has 220 valence electrons. The van der Waals surface area contributed by atoms with Crippen LogP contribution in [-0.2, 0) is 19.6 Å². The molecule has 0 atom stereocenters. The first kappa shape index (κ1) is 29.0. The molecular formula is C31H34N4O6S. The highest BCUT2D eigenvalue weighted by molar-refractivity contribution is 7.92. The van der Waals surface area contributed by atoms with Crippen molar-refractivity contribution >= 4 is 50.2 Å². The third kappa shape index (κ3) is 6.06. The molecule has 2 amide bonds. The van der Waals surface area contributed by atoms with E-state index in [0.29, 0.717) is 58.5 Å². The lowest BCUT2D eigenvalue weighted by Gasteiger charge is -2.30. The van der Waals surface area contributed by atoms with E-state index in [2.05, 4.69) is 10.6 Å². The SMILES string of the molecule is COc1cc2c(cc1OC)/C(=C(/Nc1ccc(N(CC(=O)N3CCCCC3)S(C)(=O)=O)cc1)c1ccccc1)C(=O)N2. The quantitative estimate of drug-likeness (QED) is 0.355. The zero-order chi connectivity index (χ0) is 29.9. The third-order valence-electron chi connectivity index (χ3n) is 7.39. The first-order valence-corrected chi connectivity index (χ1v) is 15.5. The lowest BCUT2D eigenvalue weighted by atomic mass is 9.99. The smallest absolute Gasteiger partial charge is 0.258 e. The van der Waals surface area contributed by atoms with E-state index in [9.17, 15) is 18.0 Å². The molecule has 0 radical (unpaired) electrons. The Hall–Kier alpha value is -4.51. The Morgan fingerprint density at radius 1 is 0.952 bits per heavy atom. The average molecular weight is 591 g/mol. The molecule has 0 bridgehead atoms. The summed E-state index contributed by atoms with van der Waals surface area (Å²) in [7, 11) is -0.644. The predicted molar refractivity (Wildman–Crippen MR) is 164 cm³/mol. The van der Waals surface area contributed by atoms with E-state index in [-0.39, 0.29) is 18.4 Å². The van der Waals surface area contributed by atoms with Gasteiger partial charge in [0.2, 0.25) is 15.9 Å². The van der Waals surface area contributed by atoms with Gasteiger partial charge in [0.1, 0.15) is 6.54 Å². The first-order valence-electron chi connectivity index (χ1n) is 13.7. The number of amides is 2. The van der Waals surface area contributed by atoms with Crippen molar-refractivity contribution in [3.8, 4) is 11.5 Å². The molecule has 0 aromatic heterocycles. The van der Waals surface area contributed by atoms with Crippen molar-refractivity contribution in [2.24, 2.45) is 0 Å². The first-order chi connectivity index (χ1) is 20.2. The molecule has 5 rings (SSSR count). The van der Waals surface area contributed by atoms with Crippen LogP contribution in [0.15, 0.2) is 66.7 Å². The number of rotatable bonds is 9. The molecule has 0 aliphatic carbocycles. The number of fused-ring (bicyclic) bond motifs is 1. The molecular weight excluding hydrogens is 556 g/mol. The maximum atomic E-state index is 13.3.